The van der Waals surface area contributed by atoms with E-state index in [0.29, 0.717) is 5.16 Å². The molecule has 3 heterocycles. The van der Waals surface area contributed by atoms with Gasteiger partial charge in [-0.3, -0.25) is 4.72 Å². The number of phenolic OH excluding ortho intramolecular Hbond substituents is 1. The Morgan fingerprint density at radius 3 is 2.82 bits per heavy atom. The zero-order valence-corrected chi connectivity index (χ0v) is 17.1. The normalized spacial score (nSPS) is 18.7. The predicted octanol–water partition coefficient (Wildman–Crippen LogP) is 3.32. The molecule has 12 heteroatoms. The van der Waals surface area contributed by atoms with Crippen molar-refractivity contribution in [3.63, 3.8) is 0 Å². The molecule has 0 saturated heterocycles. The minimum Gasteiger partial charge on any atom is -0.504 e. The highest BCUT2D eigenvalue weighted by Gasteiger charge is 2.28. The van der Waals surface area contributed by atoms with Crippen molar-refractivity contribution in [2.24, 2.45) is 0 Å². The number of rotatable bonds is 5. The van der Waals surface area contributed by atoms with E-state index in [4.69, 9.17) is 21.1 Å². The highest BCUT2D eigenvalue weighted by atomic mass is 35.5. The van der Waals surface area contributed by atoms with Gasteiger partial charge in [0.05, 0.1) is 5.69 Å². The van der Waals surface area contributed by atoms with Crippen molar-refractivity contribution in [1.82, 2.24) is 4.90 Å². The third-order valence-corrected chi connectivity index (χ3v) is 7.86. The lowest BCUT2D eigenvalue weighted by atomic mass is 10.1. The minimum atomic E-state index is -3.83. The molecular formula is C16H13ClN2O6S3. The first-order chi connectivity index (χ1) is 13.4. The van der Waals surface area contributed by atoms with Gasteiger partial charge in [-0.25, -0.2) is 8.42 Å². The lowest BCUT2D eigenvalue weighted by Gasteiger charge is -2.17. The first kappa shape index (κ1) is 19.3. The number of anilines is 1. The number of hydrogen-bond acceptors (Lipinski definition) is 9. The number of nitrogens with zero attached hydrogens (tertiary/aromatic N) is 1. The van der Waals surface area contributed by atoms with E-state index in [1.54, 1.807) is 16.9 Å². The van der Waals surface area contributed by atoms with Crippen molar-refractivity contribution in [1.29, 1.82) is 0 Å². The van der Waals surface area contributed by atoms with Crippen molar-refractivity contribution in [3.05, 3.63) is 45.9 Å². The number of thiophene rings is 1. The van der Waals surface area contributed by atoms with E-state index in [1.165, 1.54) is 29.3 Å². The lowest BCUT2D eigenvalue weighted by molar-refractivity contribution is 0.156. The van der Waals surface area contributed by atoms with Gasteiger partial charge in [0.1, 0.15) is 9.37 Å². The summed E-state index contributed by atoms with van der Waals surface area (Å²) in [5, 5.41) is 23.9. The van der Waals surface area contributed by atoms with Gasteiger partial charge in [-0.15, -0.1) is 11.3 Å². The average molecular weight is 461 g/mol. The van der Waals surface area contributed by atoms with Crippen molar-refractivity contribution in [3.8, 4) is 17.2 Å². The lowest BCUT2D eigenvalue weighted by Crippen LogP contribution is -2.20. The molecule has 0 amide bonds. The molecule has 0 fully saturated rings. The summed E-state index contributed by atoms with van der Waals surface area (Å²) in [5.74, 6) is -0.0854. The molecule has 4 rings (SSSR count). The molecule has 0 radical (unpaired) electrons. The Morgan fingerprint density at radius 1 is 1.36 bits per heavy atom. The number of benzene rings is 1. The molecule has 2 aromatic rings. The van der Waals surface area contributed by atoms with Crippen LogP contribution in [0.5, 0.6) is 17.2 Å². The standard InChI is InChI=1S/C16H13ClN2O6S3/c17-11-7-27-16(21)19(11)4-3-9-6-10(14-15(13(9)20)25-8-24-14)18-28(22,23)12-2-1-5-26-12/h1-7,16,18,20-21H,8H2/b4-3+. The van der Waals surface area contributed by atoms with Crippen LogP contribution in [0.1, 0.15) is 5.56 Å². The summed E-state index contributed by atoms with van der Waals surface area (Å²) in [6, 6.07) is 4.52. The number of hydrogen-bond donors (Lipinski definition) is 3. The Hall–Kier alpha value is -2.05. The van der Waals surface area contributed by atoms with Crippen molar-refractivity contribution >= 4 is 56.5 Å². The highest BCUT2D eigenvalue weighted by Crippen LogP contribution is 2.49. The molecule has 0 aliphatic carbocycles. The fourth-order valence-corrected chi connectivity index (χ4v) is 5.62. The molecule has 8 nitrogen and oxygen atoms in total. The van der Waals surface area contributed by atoms with Gasteiger partial charge in [0, 0.05) is 17.2 Å². The largest absolute Gasteiger partial charge is 0.504 e. The third-order valence-electron chi connectivity index (χ3n) is 3.84. The average Bonchev–Trinajstić information content (AvgIpc) is 3.39. The molecule has 148 valence electrons. The van der Waals surface area contributed by atoms with Crippen LogP contribution in [-0.4, -0.2) is 35.9 Å². The molecule has 1 aromatic heterocycles. The Bertz CT molecular complexity index is 1070. The Labute approximate surface area is 173 Å². The van der Waals surface area contributed by atoms with Crippen molar-refractivity contribution in [2.75, 3.05) is 11.5 Å². The van der Waals surface area contributed by atoms with Crippen LogP contribution >= 0.6 is 34.7 Å². The van der Waals surface area contributed by atoms with Gasteiger partial charge in [0.15, 0.2) is 17.1 Å². The molecule has 28 heavy (non-hydrogen) atoms. The number of nitrogens with one attached hydrogen (secondary N) is 1. The summed E-state index contributed by atoms with van der Waals surface area (Å²) in [5.41, 5.74) is -0.519. The second-order valence-electron chi connectivity index (χ2n) is 5.59. The number of ether oxygens (including phenoxy) is 2. The zero-order valence-electron chi connectivity index (χ0n) is 13.9. The second-order valence-corrected chi connectivity index (χ2v) is 9.76. The van der Waals surface area contributed by atoms with E-state index in [1.807, 2.05) is 0 Å². The van der Waals surface area contributed by atoms with Crippen LogP contribution in [0.25, 0.3) is 6.08 Å². The van der Waals surface area contributed by atoms with E-state index in [9.17, 15) is 18.6 Å². The maximum Gasteiger partial charge on any atom is 0.271 e. The van der Waals surface area contributed by atoms with E-state index < -0.39 is 15.6 Å². The summed E-state index contributed by atoms with van der Waals surface area (Å²) in [7, 11) is -3.83. The number of aromatic hydroxyl groups is 1. The van der Waals surface area contributed by atoms with Crippen molar-refractivity contribution in [2.45, 2.75) is 9.77 Å². The first-order valence-electron chi connectivity index (χ1n) is 7.74. The van der Waals surface area contributed by atoms with Crippen LogP contribution in [0, 0.1) is 0 Å². The summed E-state index contributed by atoms with van der Waals surface area (Å²) in [6.07, 6.45) is 2.95. The van der Waals surface area contributed by atoms with Gasteiger partial charge in [0.2, 0.25) is 12.5 Å². The summed E-state index contributed by atoms with van der Waals surface area (Å²) < 4.78 is 38.3. The number of aliphatic hydroxyl groups is 1. The van der Waals surface area contributed by atoms with Crippen LogP contribution in [0.3, 0.4) is 0 Å². The van der Waals surface area contributed by atoms with E-state index in [0.717, 1.165) is 23.1 Å². The van der Waals surface area contributed by atoms with E-state index >= 15 is 0 Å². The van der Waals surface area contributed by atoms with Crippen LogP contribution in [-0.2, 0) is 10.0 Å². The smallest absolute Gasteiger partial charge is 0.271 e. The number of fused-ring (bicyclic) bond motifs is 1. The van der Waals surface area contributed by atoms with Gasteiger partial charge in [-0.2, -0.15) is 0 Å². The fraction of sp³-hybridized carbons (Fsp3) is 0.125. The van der Waals surface area contributed by atoms with Gasteiger partial charge in [-0.1, -0.05) is 29.4 Å². The van der Waals surface area contributed by atoms with Crippen LogP contribution < -0.4 is 14.2 Å². The van der Waals surface area contributed by atoms with Gasteiger partial charge >= 0.3 is 0 Å². The Morgan fingerprint density at radius 2 is 2.14 bits per heavy atom. The maximum atomic E-state index is 12.6. The van der Waals surface area contributed by atoms with E-state index in [2.05, 4.69) is 4.72 Å². The fourth-order valence-electron chi connectivity index (χ4n) is 2.54. The minimum absolute atomic E-state index is 0.0315. The van der Waals surface area contributed by atoms with Crippen LogP contribution in [0.2, 0.25) is 0 Å². The highest BCUT2D eigenvalue weighted by molar-refractivity contribution is 8.02. The molecule has 1 aromatic carbocycles. The molecule has 0 bridgehead atoms. The molecule has 1 atom stereocenters. The molecule has 2 aliphatic heterocycles. The SMILES string of the molecule is O=S(=O)(Nc1cc(/C=C/N2C(Cl)=CSC2O)c(O)c2c1OCO2)c1cccs1. The number of phenols is 1. The quantitative estimate of drug-likeness (QED) is 0.460. The zero-order chi connectivity index (χ0) is 19.9. The number of halogens is 1. The van der Waals surface area contributed by atoms with Crippen LogP contribution in [0.15, 0.2) is 44.6 Å². The summed E-state index contributed by atoms with van der Waals surface area (Å²) in [6.45, 7) is -0.153. The topological polar surface area (TPSA) is 108 Å². The summed E-state index contributed by atoms with van der Waals surface area (Å²) in [4.78, 5) is 1.38. The van der Waals surface area contributed by atoms with Gasteiger partial charge in [0.25, 0.3) is 10.0 Å². The predicted molar refractivity (Wildman–Crippen MR) is 108 cm³/mol. The molecule has 1 unspecified atom stereocenters. The summed E-state index contributed by atoms with van der Waals surface area (Å²) >= 11 is 8.20. The Balaban J connectivity index is 1.71. The molecule has 3 N–H and O–H groups in total. The first-order valence-corrected chi connectivity index (χ1v) is 11.4. The Kier molecular flexibility index (Phi) is 5.10. The molecule has 0 saturated carbocycles. The second kappa shape index (κ2) is 7.41. The number of aliphatic hydroxyl groups excluding tert-OH is 1. The maximum absolute atomic E-state index is 12.6. The third kappa shape index (κ3) is 3.51. The monoisotopic (exact) mass is 460 g/mol. The van der Waals surface area contributed by atoms with Crippen molar-refractivity contribution < 1.29 is 28.1 Å². The number of sulfonamides is 1. The molecule has 0 spiro atoms. The van der Waals surface area contributed by atoms with Crippen LogP contribution in [0.4, 0.5) is 5.69 Å². The van der Waals surface area contributed by atoms with Gasteiger partial charge < -0.3 is 24.6 Å². The van der Waals surface area contributed by atoms with Gasteiger partial charge in [-0.05, 0) is 23.6 Å². The number of thioether (sulfide) groups is 1. The molecule has 2 aliphatic rings. The van der Waals surface area contributed by atoms with E-state index in [-0.39, 0.29) is 39.5 Å². The molecular weight excluding hydrogens is 448 g/mol.